The van der Waals surface area contributed by atoms with Gasteiger partial charge in [0, 0.05) is 38.4 Å². The molecule has 0 aliphatic carbocycles. The number of hydrogen-bond acceptors (Lipinski definition) is 3. The van der Waals surface area contributed by atoms with Crippen LogP contribution in [0.3, 0.4) is 0 Å². The van der Waals surface area contributed by atoms with E-state index in [2.05, 4.69) is 35.2 Å². The highest BCUT2D eigenvalue weighted by molar-refractivity contribution is 5.07. The number of likely N-dealkylation sites (N-methyl/N-ethyl adjacent to an activating group) is 1. The molecule has 4 nitrogen and oxygen atoms in total. The minimum Gasteiger partial charge on any atom is -0.314 e. The largest absolute Gasteiger partial charge is 0.314 e. The predicted octanol–water partition coefficient (Wildman–Crippen LogP) is 0.775. The first kappa shape index (κ1) is 10.6. The Hall–Kier alpha value is -0.870. The second-order valence-electron chi connectivity index (χ2n) is 4.20. The molecule has 1 N–H and O–H groups in total. The van der Waals surface area contributed by atoms with Crippen molar-refractivity contribution in [2.45, 2.75) is 25.9 Å². The summed E-state index contributed by atoms with van der Waals surface area (Å²) in [7, 11) is 2.01. The molecule has 1 aliphatic rings. The van der Waals surface area contributed by atoms with Gasteiger partial charge in [0.2, 0.25) is 0 Å². The van der Waals surface area contributed by atoms with E-state index in [1.807, 2.05) is 17.9 Å². The van der Waals surface area contributed by atoms with Crippen molar-refractivity contribution in [3.8, 4) is 0 Å². The zero-order valence-corrected chi connectivity index (χ0v) is 9.77. The molecule has 2 heterocycles. The molecule has 2 rings (SSSR count). The van der Waals surface area contributed by atoms with E-state index < -0.39 is 0 Å². The van der Waals surface area contributed by atoms with Crippen molar-refractivity contribution in [2.24, 2.45) is 7.05 Å². The third kappa shape index (κ3) is 1.92. The highest BCUT2D eigenvalue weighted by Crippen LogP contribution is 2.22. The Morgan fingerprint density at radius 1 is 1.67 bits per heavy atom. The Morgan fingerprint density at radius 3 is 2.80 bits per heavy atom. The molecular formula is C11H20N4. The number of rotatable bonds is 4. The van der Waals surface area contributed by atoms with Crippen LogP contribution >= 0.6 is 0 Å². The van der Waals surface area contributed by atoms with Crippen LogP contribution in [-0.2, 0) is 7.05 Å². The normalized spacial score (nSPS) is 19.2. The fraction of sp³-hybridized carbons (Fsp3) is 0.727. The van der Waals surface area contributed by atoms with E-state index in [4.69, 9.17) is 0 Å². The van der Waals surface area contributed by atoms with Gasteiger partial charge >= 0.3 is 0 Å². The summed E-state index contributed by atoms with van der Waals surface area (Å²) in [5.74, 6) is 0. The number of aryl methyl sites for hydroxylation is 1. The number of nitrogens with one attached hydrogen (secondary N) is 1. The lowest BCUT2D eigenvalue weighted by Crippen LogP contribution is -2.57. The van der Waals surface area contributed by atoms with Gasteiger partial charge in [-0.15, -0.1) is 0 Å². The molecule has 0 amide bonds. The molecule has 0 saturated carbocycles. The van der Waals surface area contributed by atoms with Gasteiger partial charge in [0.05, 0.1) is 5.69 Å². The van der Waals surface area contributed by atoms with Gasteiger partial charge in [-0.25, -0.2) is 0 Å². The van der Waals surface area contributed by atoms with Crippen LogP contribution in [0, 0.1) is 0 Å². The summed E-state index contributed by atoms with van der Waals surface area (Å²) in [6.45, 7) is 7.83. The van der Waals surface area contributed by atoms with E-state index in [1.165, 1.54) is 5.69 Å². The SMILES string of the molecule is CCN(C1CNC1)C(C)c1ccnn1C. The van der Waals surface area contributed by atoms with Crippen LogP contribution in [-0.4, -0.2) is 40.4 Å². The summed E-state index contributed by atoms with van der Waals surface area (Å²) in [5.41, 5.74) is 1.30. The fourth-order valence-electron chi connectivity index (χ4n) is 2.32. The van der Waals surface area contributed by atoms with E-state index >= 15 is 0 Å². The first-order chi connectivity index (χ1) is 7.24. The summed E-state index contributed by atoms with van der Waals surface area (Å²) >= 11 is 0. The average Bonchev–Trinajstić information content (AvgIpc) is 2.56. The van der Waals surface area contributed by atoms with Gasteiger partial charge in [-0.1, -0.05) is 6.92 Å². The van der Waals surface area contributed by atoms with Gasteiger partial charge in [0.1, 0.15) is 0 Å². The van der Waals surface area contributed by atoms with E-state index in [9.17, 15) is 0 Å². The van der Waals surface area contributed by atoms with Crippen LogP contribution in [0.5, 0.6) is 0 Å². The third-order valence-corrected chi connectivity index (χ3v) is 3.38. The van der Waals surface area contributed by atoms with Gasteiger partial charge in [-0.05, 0) is 19.5 Å². The highest BCUT2D eigenvalue weighted by Gasteiger charge is 2.28. The van der Waals surface area contributed by atoms with Crippen molar-refractivity contribution in [1.29, 1.82) is 0 Å². The molecule has 1 atom stereocenters. The maximum absolute atomic E-state index is 4.23. The van der Waals surface area contributed by atoms with Crippen molar-refractivity contribution in [2.75, 3.05) is 19.6 Å². The van der Waals surface area contributed by atoms with Gasteiger partial charge in [0.15, 0.2) is 0 Å². The van der Waals surface area contributed by atoms with E-state index in [0.717, 1.165) is 19.6 Å². The standard InChI is InChI=1S/C11H20N4/c1-4-15(10-7-12-8-10)9(2)11-5-6-13-14(11)3/h5-6,9-10,12H,4,7-8H2,1-3H3. The number of aromatic nitrogens is 2. The molecule has 15 heavy (non-hydrogen) atoms. The fourth-order valence-corrected chi connectivity index (χ4v) is 2.32. The Balaban J connectivity index is 2.10. The molecule has 0 radical (unpaired) electrons. The van der Waals surface area contributed by atoms with Crippen molar-refractivity contribution in [1.82, 2.24) is 20.0 Å². The average molecular weight is 208 g/mol. The van der Waals surface area contributed by atoms with Crippen molar-refractivity contribution in [3.63, 3.8) is 0 Å². The molecule has 1 fully saturated rings. The first-order valence-electron chi connectivity index (χ1n) is 5.68. The van der Waals surface area contributed by atoms with Crippen LogP contribution in [0.15, 0.2) is 12.3 Å². The summed E-state index contributed by atoms with van der Waals surface area (Å²) < 4.78 is 1.97. The molecule has 4 heteroatoms. The summed E-state index contributed by atoms with van der Waals surface area (Å²) in [5, 5.41) is 7.56. The van der Waals surface area contributed by atoms with Crippen LogP contribution in [0.1, 0.15) is 25.6 Å². The second-order valence-corrected chi connectivity index (χ2v) is 4.20. The van der Waals surface area contributed by atoms with Gasteiger partial charge < -0.3 is 5.32 Å². The Morgan fingerprint density at radius 2 is 2.40 bits per heavy atom. The maximum Gasteiger partial charge on any atom is 0.0549 e. The zero-order valence-electron chi connectivity index (χ0n) is 9.77. The van der Waals surface area contributed by atoms with Crippen LogP contribution < -0.4 is 5.32 Å². The zero-order chi connectivity index (χ0) is 10.8. The van der Waals surface area contributed by atoms with Crippen molar-refractivity contribution in [3.05, 3.63) is 18.0 Å². The minimum atomic E-state index is 0.453. The van der Waals surface area contributed by atoms with Crippen molar-refractivity contribution >= 4 is 0 Å². The molecule has 1 aromatic heterocycles. The Labute approximate surface area is 91.3 Å². The Kier molecular flexibility index (Phi) is 3.07. The molecule has 84 valence electrons. The summed E-state index contributed by atoms with van der Waals surface area (Å²) in [6.07, 6.45) is 1.87. The molecule has 1 aromatic rings. The Bertz CT molecular complexity index is 316. The molecular weight excluding hydrogens is 188 g/mol. The lowest BCUT2D eigenvalue weighted by atomic mass is 10.1. The van der Waals surface area contributed by atoms with Crippen LogP contribution in [0.2, 0.25) is 0 Å². The predicted molar refractivity (Wildman–Crippen MR) is 60.7 cm³/mol. The lowest BCUT2D eigenvalue weighted by molar-refractivity contribution is 0.105. The maximum atomic E-state index is 4.23. The molecule has 0 aromatic carbocycles. The third-order valence-electron chi connectivity index (χ3n) is 3.38. The van der Waals surface area contributed by atoms with Crippen LogP contribution in [0.4, 0.5) is 0 Å². The highest BCUT2D eigenvalue weighted by atomic mass is 15.3. The summed E-state index contributed by atoms with van der Waals surface area (Å²) in [4.78, 5) is 2.54. The lowest BCUT2D eigenvalue weighted by Gasteiger charge is -2.41. The molecule has 0 bridgehead atoms. The molecule has 1 unspecified atom stereocenters. The van der Waals surface area contributed by atoms with Crippen molar-refractivity contribution < 1.29 is 0 Å². The van der Waals surface area contributed by atoms with E-state index in [-0.39, 0.29) is 0 Å². The quantitative estimate of drug-likeness (QED) is 0.793. The smallest absolute Gasteiger partial charge is 0.0549 e. The second kappa shape index (κ2) is 4.33. The van der Waals surface area contributed by atoms with Gasteiger partial charge in [0.25, 0.3) is 0 Å². The molecule has 1 saturated heterocycles. The monoisotopic (exact) mass is 208 g/mol. The number of hydrogen-bond donors (Lipinski definition) is 1. The number of nitrogens with zero attached hydrogens (tertiary/aromatic N) is 3. The minimum absolute atomic E-state index is 0.453. The van der Waals surface area contributed by atoms with E-state index in [0.29, 0.717) is 12.1 Å². The summed E-state index contributed by atoms with van der Waals surface area (Å²) in [6, 6.07) is 3.26. The van der Waals surface area contributed by atoms with E-state index in [1.54, 1.807) is 0 Å². The van der Waals surface area contributed by atoms with Crippen LogP contribution in [0.25, 0.3) is 0 Å². The molecule has 0 spiro atoms. The van der Waals surface area contributed by atoms with Gasteiger partial charge in [-0.2, -0.15) is 5.10 Å². The first-order valence-corrected chi connectivity index (χ1v) is 5.68. The molecule has 1 aliphatic heterocycles. The topological polar surface area (TPSA) is 33.1 Å². The van der Waals surface area contributed by atoms with Gasteiger partial charge in [-0.3, -0.25) is 9.58 Å².